The third-order valence-corrected chi connectivity index (χ3v) is 3.26. The Hall–Kier alpha value is -0.570. The first-order valence-electron chi connectivity index (χ1n) is 7.14. The van der Waals surface area contributed by atoms with Gasteiger partial charge in [-0.05, 0) is 38.1 Å². The molecule has 0 aliphatic heterocycles. The van der Waals surface area contributed by atoms with Crippen LogP contribution in [0.5, 0.6) is 0 Å². The first-order valence-corrected chi connectivity index (χ1v) is 7.14. The second-order valence-electron chi connectivity index (χ2n) is 5.59. The molecule has 1 aliphatic carbocycles. The van der Waals surface area contributed by atoms with E-state index in [0.717, 1.165) is 31.8 Å². The van der Waals surface area contributed by atoms with Crippen LogP contribution < -0.4 is 5.32 Å². The quantitative estimate of drug-likeness (QED) is 0.628. The Kier molecular flexibility index (Phi) is 6.56. The van der Waals surface area contributed by atoms with Crippen molar-refractivity contribution in [2.75, 3.05) is 19.6 Å². The zero-order valence-electron chi connectivity index (χ0n) is 11.7. The minimum atomic E-state index is 0.203. The highest BCUT2D eigenvalue weighted by molar-refractivity contribution is 5.78. The number of carbonyl (C=O) groups is 1. The van der Waals surface area contributed by atoms with Crippen LogP contribution in [0, 0.1) is 5.92 Å². The van der Waals surface area contributed by atoms with E-state index < -0.39 is 0 Å². The van der Waals surface area contributed by atoms with E-state index in [4.69, 9.17) is 0 Å². The van der Waals surface area contributed by atoms with Gasteiger partial charge in [-0.2, -0.15) is 0 Å². The van der Waals surface area contributed by atoms with Crippen LogP contribution in [0.2, 0.25) is 0 Å². The molecule has 1 saturated carbocycles. The monoisotopic (exact) mass is 240 g/mol. The topological polar surface area (TPSA) is 32.3 Å². The Bertz CT molecular complexity index is 224. The molecule has 0 aromatic carbocycles. The number of nitrogens with zero attached hydrogens (tertiary/aromatic N) is 1. The molecule has 1 rings (SSSR count). The summed E-state index contributed by atoms with van der Waals surface area (Å²) in [4.78, 5) is 14.1. The van der Waals surface area contributed by atoms with E-state index in [9.17, 15) is 4.79 Å². The van der Waals surface area contributed by atoms with E-state index in [1.165, 1.54) is 19.3 Å². The van der Waals surface area contributed by atoms with Gasteiger partial charge in [0.1, 0.15) is 0 Å². The largest absolute Gasteiger partial charge is 0.355 e. The van der Waals surface area contributed by atoms with E-state index in [2.05, 4.69) is 31.0 Å². The summed E-state index contributed by atoms with van der Waals surface area (Å²) in [6.45, 7) is 9.13. The molecular weight excluding hydrogens is 212 g/mol. The van der Waals surface area contributed by atoms with E-state index in [1.807, 2.05) is 0 Å². The zero-order chi connectivity index (χ0) is 12.7. The number of amides is 1. The highest BCUT2D eigenvalue weighted by Gasteiger charge is 2.29. The molecule has 0 unspecified atom stereocenters. The number of unbranched alkanes of at least 4 members (excludes halogenated alkanes) is 1. The lowest BCUT2D eigenvalue weighted by molar-refractivity contribution is -0.122. The highest BCUT2D eigenvalue weighted by atomic mass is 16.2. The summed E-state index contributed by atoms with van der Waals surface area (Å²) in [7, 11) is 0. The predicted molar refractivity (Wildman–Crippen MR) is 72.0 cm³/mol. The van der Waals surface area contributed by atoms with Crippen molar-refractivity contribution in [2.45, 2.75) is 58.9 Å². The molecule has 1 amide bonds. The lowest BCUT2D eigenvalue weighted by atomic mass is 10.1. The van der Waals surface area contributed by atoms with Crippen molar-refractivity contribution in [3.05, 3.63) is 0 Å². The van der Waals surface area contributed by atoms with Crippen LogP contribution in [-0.2, 0) is 4.79 Å². The SMILES string of the molecule is CCCCNC(=O)CN(CCC(C)C)C1CC1. The molecule has 0 bridgehead atoms. The summed E-state index contributed by atoms with van der Waals surface area (Å²) in [5.41, 5.74) is 0. The Labute approximate surface area is 106 Å². The molecule has 3 heteroatoms. The van der Waals surface area contributed by atoms with Crippen LogP contribution in [0.25, 0.3) is 0 Å². The minimum absolute atomic E-state index is 0.203. The van der Waals surface area contributed by atoms with Crippen LogP contribution >= 0.6 is 0 Å². The predicted octanol–water partition coefficient (Wildman–Crippen LogP) is 2.41. The van der Waals surface area contributed by atoms with Gasteiger partial charge in [0.25, 0.3) is 0 Å². The minimum Gasteiger partial charge on any atom is -0.355 e. The second kappa shape index (κ2) is 7.70. The maximum Gasteiger partial charge on any atom is 0.234 e. The summed E-state index contributed by atoms with van der Waals surface area (Å²) in [6.07, 6.45) is 5.97. The fraction of sp³-hybridized carbons (Fsp3) is 0.929. The van der Waals surface area contributed by atoms with Gasteiger partial charge in [0.2, 0.25) is 5.91 Å². The van der Waals surface area contributed by atoms with Crippen molar-refractivity contribution in [3.8, 4) is 0 Å². The third-order valence-electron chi connectivity index (χ3n) is 3.26. The molecule has 1 fully saturated rings. The van der Waals surface area contributed by atoms with Crippen LogP contribution in [0.3, 0.4) is 0 Å². The van der Waals surface area contributed by atoms with Crippen LogP contribution in [0.1, 0.15) is 52.9 Å². The van der Waals surface area contributed by atoms with Crippen LogP contribution in [-0.4, -0.2) is 36.5 Å². The first kappa shape index (κ1) is 14.5. The molecular formula is C14H28N2O. The van der Waals surface area contributed by atoms with Crippen LogP contribution in [0.4, 0.5) is 0 Å². The summed E-state index contributed by atoms with van der Waals surface area (Å²) in [5.74, 6) is 0.925. The fourth-order valence-corrected chi connectivity index (χ4v) is 1.90. The number of carbonyl (C=O) groups excluding carboxylic acids is 1. The van der Waals surface area contributed by atoms with Gasteiger partial charge in [-0.25, -0.2) is 0 Å². The van der Waals surface area contributed by atoms with Gasteiger partial charge in [-0.3, -0.25) is 9.69 Å². The van der Waals surface area contributed by atoms with E-state index in [0.29, 0.717) is 12.6 Å². The maximum atomic E-state index is 11.8. The van der Waals surface area contributed by atoms with Gasteiger partial charge in [0, 0.05) is 12.6 Å². The molecule has 0 saturated heterocycles. The Balaban J connectivity index is 2.21. The second-order valence-corrected chi connectivity index (χ2v) is 5.59. The van der Waals surface area contributed by atoms with Crippen LogP contribution in [0.15, 0.2) is 0 Å². The molecule has 0 spiro atoms. The maximum absolute atomic E-state index is 11.8. The molecule has 3 nitrogen and oxygen atoms in total. The number of hydrogen-bond acceptors (Lipinski definition) is 2. The van der Waals surface area contributed by atoms with Gasteiger partial charge in [-0.1, -0.05) is 27.2 Å². The highest BCUT2D eigenvalue weighted by Crippen LogP contribution is 2.27. The number of rotatable bonds is 9. The fourth-order valence-electron chi connectivity index (χ4n) is 1.90. The molecule has 1 N–H and O–H groups in total. The summed E-state index contributed by atoms with van der Waals surface area (Å²) < 4.78 is 0. The van der Waals surface area contributed by atoms with Crippen molar-refractivity contribution in [1.82, 2.24) is 10.2 Å². The summed E-state index contributed by atoms with van der Waals surface area (Å²) in [6, 6.07) is 0.686. The van der Waals surface area contributed by atoms with Gasteiger partial charge in [0.05, 0.1) is 6.54 Å². The smallest absolute Gasteiger partial charge is 0.234 e. The molecule has 0 radical (unpaired) electrons. The Morgan fingerprint density at radius 2 is 2.12 bits per heavy atom. The normalized spacial score (nSPS) is 15.6. The van der Waals surface area contributed by atoms with Gasteiger partial charge in [-0.15, -0.1) is 0 Å². The number of hydrogen-bond donors (Lipinski definition) is 1. The Morgan fingerprint density at radius 1 is 1.41 bits per heavy atom. The molecule has 17 heavy (non-hydrogen) atoms. The van der Waals surface area contributed by atoms with Crippen molar-refractivity contribution >= 4 is 5.91 Å². The van der Waals surface area contributed by atoms with E-state index in [1.54, 1.807) is 0 Å². The van der Waals surface area contributed by atoms with Gasteiger partial charge < -0.3 is 5.32 Å². The van der Waals surface area contributed by atoms with Gasteiger partial charge >= 0.3 is 0 Å². The number of nitrogens with one attached hydrogen (secondary N) is 1. The van der Waals surface area contributed by atoms with Gasteiger partial charge in [0.15, 0.2) is 0 Å². The Morgan fingerprint density at radius 3 is 2.65 bits per heavy atom. The van der Waals surface area contributed by atoms with Crippen molar-refractivity contribution in [1.29, 1.82) is 0 Å². The summed E-state index contributed by atoms with van der Waals surface area (Å²) >= 11 is 0. The van der Waals surface area contributed by atoms with Crippen molar-refractivity contribution < 1.29 is 4.79 Å². The first-order chi connectivity index (χ1) is 8.13. The molecule has 0 atom stereocenters. The lowest BCUT2D eigenvalue weighted by Gasteiger charge is -2.22. The third kappa shape index (κ3) is 6.67. The average Bonchev–Trinajstić information content (AvgIpc) is 3.08. The molecule has 100 valence electrons. The zero-order valence-corrected chi connectivity index (χ0v) is 11.7. The molecule has 0 aromatic heterocycles. The standard InChI is InChI=1S/C14H28N2O/c1-4-5-9-15-14(17)11-16(13-6-7-13)10-8-12(2)3/h12-13H,4-11H2,1-3H3,(H,15,17). The molecule has 0 heterocycles. The molecule has 1 aliphatic rings. The molecule has 0 aromatic rings. The average molecular weight is 240 g/mol. The van der Waals surface area contributed by atoms with Crippen molar-refractivity contribution in [2.24, 2.45) is 5.92 Å². The van der Waals surface area contributed by atoms with E-state index in [-0.39, 0.29) is 5.91 Å². The van der Waals surface area contributed by atoms with E-state index >= 15 is 0 Å². The lowest BCUT2D eigenvalue weighted by Crippen LogP contribution is -2.39. The van der Waals surface area contributed by atoms with Crippen molar-refractivity contribution in [3.63, 3.8) is 0 Å². The summed E-state index contributed by atoms with van der Waals surface area (Å²) in [5, 5.41) is 3.00.